The standard InChI is InChI=1S/C20H27N5OS/c1-11(2)15-16(14-10-24(5)19(26)13(4)12(14)3)22-18-17(15)23-20(27-18)25-8-6-21-7-9-25/h10-11,21-22H,6-9H2,1-5H3. The summed E-state index contributed by atoms with van der Waals surface area (Å²) in [5, 5.41) is 4.49. The molecule has 0 bridgehead atoms. The molecule has 1 fully saturated rings. The Morgan fingerprint density at radius 3 is 2.56 bits per heavy atom. The molecule has 1 aliphatic heterocycles. The van der Waals surface area contributed by atoms with Gasteiger partial charge < -0.3 is 19.8 Å². The van der Waals surface area contributed by atoms with Crippen molar-refractivity contribution in [3.63, 3.8) is 0 Å². The second-order valence-electron chi connectivity index (χ2n) is 7.69. The minimum Gasteiger partial charge on any atom is -0.345 e. The maximum Gasteiger partial charge on any atom is 0.253 e. The van der Waals surface area contributed by atoms with Crippen LogP contribution in [0.4, 0.5) is 5.13 Å². The number of hydrogen-bond acceptors (Lipinski definition) is 5. The minimum absolute atomic E-state index is 0.0647. The lowest BCUT2D eigenvalue weighted by Crippen LogP contribution is -2.43. The number of H-pyrrole nitrogens is 1. The van der Waals surface area contributed by atoms with Crippen LogP contribution in [0.2, 0.25) is 0 Å². The Bertz CT molecular complexity index is 1050. The zero-order chi connectivity index (χ0) is 19.3. The van der Waals surface area contributed by atoms with Crippen molar-refractivity contribution >= 4 is 26.8 Å². The number of nitrogens with one attached hydrogen (secondary N) is 2. The molecule has 0 aliphatic carbocycles. The number of aryl methyl sites for hydroxylation is 1. The van der Waals surface area contributed by atoms with Crippen LogP contribution in [0.1, 0.15) is 36.5 Å². The van der Waals surface area contributed by atoms with E-state index in [1.54, 1.807) is 15.9 Å². The normalized spacial score (nSPS) is 15.3. The van der Waals surface area contributed by atoms with Crippen molar-refractivity contribution in [3.8, 4) is 11.3 Å². The number of rotatable bonds is 3. The summed E-state index contributed by atoms with van der Waals surface area (Å²) in [4.78, 5) is 24.4. The van der Waals surface area contributed by atoms with E-state index < -0.39 is 0 Å². The molecule has 7 heteroatoms. The molecule has 3 aromatic heterocycles. The summed E-state index contributed by atoms with van der Waals surface area (Å²) in [6.07, 6.45) is 1.95. The summed E-state index contributed by atoms with van der Waals surface area (Å²) in [6, 6.07) is 0. The van der Waals surface area contributed by atoms with Crippen LogP contribution in [0, 0.1) is 13.8 Å². The Morgan fingerprint density at radius 2 is 1.89 bits per heavy atom. The van der Waals surface area contributed by atoms with E-state index in [4.69, 9.17) is 4.98 Å². The largest absolute Gasteiger partial charge is 0.345 e. The molecular formula is C20H27N5OS. The molecule has 1 saturated heterocycles. The number of pyridine rings is 1. The molecular weight excluding hydrogens is 358 g/mol. The molecule has 0 unspecified atom stereocenters. The molecule has 6 nitrogen and oxygen atoms in total. The average molecular weight is 386 g/mol. The van der Waals surface area contributed by atoms with E-state index in [9.17, 15) is 4.79 Å². The first kappa shape index (κ1) is 18.3. The second-order valence-corrected chi connectivity index (χ2v) is 8.67. The van der Waals surface area contributed by atoms with Gasteiger partial charge in [-0.3, -0.25) is 4.79 Å². The van der Waals surface area contributed by atoms with E-state index in [-0.39, 0.29) is 5.56 Å². The summed E-state index contributed by atoms with van der Waals surface area (Å²) in [7, 11) is 1.82. The lowest BCUT2D eigenvalue weighted by atomic mass is 9.96. The third-order valence-electron chi connectivity index (χ3n) is 5.54. The number of anilines is 1. The van der Waals surface area contributed by atoms with Crippen molar-refractivity contribution in [2.75, 3.05) is 31.1 Å². The van der Waals surface area contributed by atoms with E-state index in [0.29, 0.717) is 5.92 Å². The van der Waals surface area contributed by atoms with Crippen LogP contribution >= 0.6 is 11.3 Å². The minimum atomic E-state index is 0.0647. The van der Waals surface area contributed by atoms with E-state index in [0.717, 1.165) is 64.0 Å². The molecule has 2 N–H and O–H groups in total. The molecule has 3 aromatic rings. The lowest BCUT2D eigenvalue weighted by Gasteiger charge is -2.26. The fourth-order valence-electron chi connectivity index (χ4n) is 3.87. The Hall–Kier alpha value is -2.12. The first-order chi connectivity index (χ1) is 12.9. The van der Waals surface area contributed by atoms with Crippen LogP contribution in [0.3, 0.4) is 0 Å². The van der Waals surface area contributed by atoms with Crippen LogP contribution in [-0.4, -0.2) is 40.7 Å². The van der Waals surface area contributed by atoms with E-state index in [1.807, 2.05) is 27.1 Å². The fourth-order valence-corrected chi connectivity index (χ4v) is 4.91. The van der Waals surface area contributed by atoms with Gasteiger partial charge in [0.25, 0.3) is 5.56 Å². The maximum absolute atomic E-state index is 12.3. The van der Waals surface area contributed by atoms with Crippen LogP contribution in [-0.2, 0) is 7.05 Å². The monoisotopic (exact) mass is 385 g/mol. The molecule has 1 aliphatic rings. The molecule has 27 heavy (non-hydrogen) atoms. The van der Waals surface area contributed by atoms with Gasteiger partial charge in [0.15, 0.2) is 5.13 Å². The molecule has 0 amide bonds. The molecule has 0 spiro atoms. The van der Waals surface area contributed by atoms with Crippen molar-refractivity contribution in [1.82, 2.24) is 19.9 Å². The summed E-state index contributed by atoms with van der Waals surface area (Å²) in [5.41, 5.74) is 6.41. The average Bonchev–Trinajstić information content (AvgIpc) is 3.21. The Morgan fingerprint density at radius 1 is 1.19 bits per heavy atom. The Balaban J connectivity index is 1.88. The molecule has 144 valence electrons. The van der Waals surface area contributed by atoms with Gasteiger partial charge >= 0.3 is 0 Å². The van der Waals surface area contributed by atoms with Crippen molar-refractivity contribution in [3.05, 3.63) is 33.2 Å². The van der Waals surface area contributed by atoms with Crippen LogP contribution in [0.15, 0.2) is 11.0 Å². The van der Waals surface area contributed by atoms with E-state index >= 15 is 0 Å². The zero-order valence-corrected chi connectivity index (χ0v) is 17.5. The first-order valence-corrected chi connectivity index (χ1v) is 10.4. The van der Waals surface area contributed by atoms with Gasteiger partial charge in [0.2, 0.25) is 0 Å². The highest BCUT2D eigenvalue weighted by molar-refractivity contribution is 7.21. The molecule has 0 aromatic carbocycles. The van der Waals surface area contributed by atoms with Crippen molar-refractivity contribution in [2.45, 2.75) is 33.6 Å². The summed E-state index contributed by atoms with van der Waals surface area (Å²) < 4.78 is 1.68. The number of hydrogen-bond donors (Lipinski definition) is 2. The highest BCUT2D eigenvalue weighted by Gasteiger charge is 2.24. The predicted octanol–water partition coefficient (Wildman–Crippen LogP) is 3.14. The number of piperazine rings is 1. The predicted molar refractivity (Wildman–Crippen MR) is 113 cm³/mol. The van der Waals surface area contributed by atoms with Gasteiger partial charge in [0.05, 0.1) is 5.69 Å². The molecule has 0 saturated carbocycles. The van der Waals surface area contributed by atoms with Gasteiger partial charge in [-0.25, -0.2) is 4.98 Å². The van der Waals surface area contributed by atoms with Gasteiger partial charge in [-0.15, -0.1) is 0 Å². The summed E-state index contributed by atoms with van der Waals surface area (Å²) in [5.74, 6) is 0.337. The van der Waals surface area contributed by atoms with Crippen LogP contribution in [0.5, 0.6) is 0 Å². The topological polar surface area (TPSA) is 66.0 Å². The number of aromatic amines is 1. The Kier molecular flexibility index (Phi) is 4.60. The molecule has 0 atom stereocenters. The quantitative estimate of drug-likeness (QED) is 0.727. The summed E-state index contributed by atoms with van der Waals surface area (Å²) >= 11 is 1.73. The van der Waals surface area contributed by atoms with Crippen molar-refractivity contribution < 1.29 is 0 Å². The van der Waals surface area contributed by atoms with E-state index in [2.05, 4.69) is 29.0 Å². The van der Waals surface area contributed by atoms with Gasteiger partial charge in [-0.05, 0) is 25.3 Å². The smallest absolute Gasteiger partial charge is 0.253 e. The van der Waals surface area contributed by atoms with E-state index in [1.165, 1.54) is 5.56 Å². The zero-order valence-electron chi connectivity index (χ0n) is 16.6. The van der Waals surface area contributed by atoms with Gasteiger partial charge in [-0.2, -0.15) is 0 Å². The number of nitrogens with zero attached hydrogens (tertiary/aromatic N) is 3. The fraction of sp³-hybridized carbons (Fsp3) is 0.500. The van der Waals surface area contributed by atoms with Gasteiger partial charge in [0, 0.05) is 56.1 Å². The van der Waals surface area contributed by atoms with Gasteiger partial charge in [0.1, 0.15) is 10.3 Å². The van der Waals surface area contributed by atoms with Crippen LogP contribution < -0.4 is 15.8 Å². The number of thiazole rings is 1. The molecule has 4 heterocycles. The first-order valence-electron chi connectivity index (χ1n) is 9.53. The van der Waals surface area contributed by atoms with Crippen molar-refractivity contribution in [2.24, 2.45) is 7.05 Å². The van der Waals surface area contributed by atoms with Crippen LogP contribution in [0.25, 0.3) is 21.6 Å². The Labute approximate surface area is 163 Å². The number of aromatic nitrogens is 3. The SMILES string of the molecule is Cc1c(-c2[nH]c3sc(N4CCNCC4)nc3c2C(C)C)cn(C)c(=O)c1C. The lowest BCUT2D eigenvalue weighted by molar-refractivity contribution is 0.588. The number of fused-ring (bicyclic) bond motifs is 1. The molecule has 4 rings (SSSR count). The van der Waals surface area contributed by atoms with Gasteiger partial charge in [-0.1, -0.05) is 25.2 Å². The molecule has 0 radical (unpaired) electrons. The third kappa shape index (κ3) is 2.99. The van der Waals surface area contributed by atoms with Crippen molar-refractivity contribution in [1.29, 1.82) is 0 Å². The maximum atomic E-state index is 12.3. The highest BCUT2D eigenvalue weighted by Crippen LogP contribution is 2.40. The summed E-state index contributed by atoms with van der Waals surface area (Å²) in [6.45, 7) is 12.4. The second kappa shape index (κ2) is 6.80. The third-order valence-corrected chi connectivity index (χ3v) is 6.58. The highest BCUT2D eigenvalue weighted by atomic mass is 32.1.